The van der Waals surface area contributed by atoms with Gasteiger partial charge in [-0.25, -0.2) is 0 Å². The van der Waals surface area contributed by atoms with Crippen molar-refractivity contribution in [2.75, 3.05) is 0 Å². The van der Waals surface area contributed by atoms with Crippen LogP contribution in [-0.2, 0) is 0 Å². The first-order chi connectivity index (χ1) is 7.16. The van der Waals surface area contributed by atoms with E-state index in [1.807, 2.05) is 13.0 Å². The summed E-state index contributed by atoms with van der Waals surface area (Å²) in [6.07, 6.45) is 15.0. The van der Waals surface area contributed by atoms with E-state index in [0.29, 0.717) is 0 Å². The first-order valence-corrected chi connectivity index (χ1v) is 5.87. The van der Waals surface area contributed by atoms with E-state index >= 15 is 0 Å². The third-order valence-electron chi connectivity index (χ3n) is 2.10. The molecule has 0 saturated carbocycles. The Bertz CT molecular complexity index is 221. The topological polar surface area (TPSA) is 26.0 Å². The summed E-state index contributed by atoms with van der Waals surface area (Å²) in [4.78, 5) is 0. The second-order valence-electron chi connectivity index (χ2n) is 4.23. The molecule has 0 spiro atoms. The molecule has 15 heavy (non-hydrogen) atoms. The Morgan fingerprint density at radius 2 is 1.87 bits per heavy atom. The Balaban J connectivity index is 3.55. The molecular weight excluding hydrogens is 182 g/mol. The van der Waals surface area contributed by atoms with Crippen LogP contribution >= 0.6 is 0 Å². The van der Waals surface area contributed by atoms with Gasteiger partial charge in [-0.1, -0.05) is 44.2 Å². The molecule has 0 amide bonds. The van der Waals surface area contributed by atoms with Gasteiger partial charge in [-0.3, -0.25) is 0 Å². The monoisotopic (exact) mass is 207 g/mol. The van der Waals surface area contributed by atoms with Crippen LogP contribution in [0.1, 0.15) is 46.5 Å². The smallest absolute Gasteiger partial charge is 0.00783 e. The van der Waals surface area contributed by atoms with Gasteiger partial charge < -0.3 is 5.73 Å². The van der Waals surface area contributed by atoms with Crippen molar-refractivity contribution in [1.82, 2.24) is 0 Å². The number of hydrogen-bond donors (Lipinski definition) is 1. The molecule has 0 bridgehead atoms. The van der Waals surface area contributed by atoms with E-state index in [-0.39, 0.29) is 0 Å². The van der Waals surface area contributed by atoms with Crippen molar-refractivity contribution in [3.8, 4) is 0 Å². The second-order valence-corrected chi connectivity index (χ2v) is 4.23. The summed E-state index contributed by atoms with van der Waals surface area (Å²) in [7, 11) is 0. The summed E-state index contributed by atoms with van der Waals surface area (Å²) in [6.45, 7) is 6.49. The van der Waals surface area contributed by atoms with Crippen molar-refractivity contribution < 1.29 is 0 Å². The Morgan fingerprint density at radius 1 is 1.13 bits per heavy atom. The van der Waals surface area contributed by atoms with E-state index in [2.05, 4.69) is 38.2 Å². The minimum absolute atomic E-state index is 0.761. The molecule has 86 valence electrons. The van der Waals surface area contributed by atoms with Crippen molar-refractivity contribution in [1.29, 1.82) is 0 Å². The SMILES string of the molecule is C/C=C\CC(N)=CCCC=CCC(C)C. The summed E-state index contributed by atoms with van der Waals surface area (Å²) in [5.41, 5.74) is 6.79. The molecule has 0 aliphatic carbocycles. The Hall–Kier alpha value is -0.980. The number of nitrogens with two attached hydrogens (primary N) is 1. The van der Waals surface area contributed by atoms with Gasteiger partial charge in [-0.05, 0) is 32.1 Å². The normalized spacial score (nSPS) is 13.5. The number of hydrogen-bond acceptors (Lipinski definition) is 1. The van der Waals surface area contributed by atoms with Gasteiger partial charge >= 0.3 is 0 Å². The average Bonchev–Trinajstić information content (AvgIpc) is 2.19. The molecule has 0 radical (unpaired) electrons. The molecule has 0 saturated heterocycles. The molecule has 0 aromatic carbocycles. The summed E-state index contributed by atoms with van der Waals surface area (Å²) >= 11 is 0. The summed E-state index contributed by atoms with van der Waals surface area (Å²) < 4.78 is 0. The first kappa shape index (κ1) is 14.0. The lowest BCUT2D eigenvalue weighted by Crippen LogP contribution is -1.94. The van der Waals surface area contributed by atoms with Crippen molar-refractivity contribution in [2.24, 2.45) is 11.7 Å². The molecule has 0 aromatic rings. The van der Waals surface area contributed by atoms with Gasteiger partial charge in [0.05, 0.1) is 0 Å². The molecule has 0 atom stereocenters. The highest BCUT2D eigenvalue weighted by atomic mass is 14.6. The van der Waals surface area contributed by atoms with Crippen LogP contribution in [0.3, 0.4) is 0 Å². The predicted molar refractivity (Wildman–Crippen MR) is 69.5 cm³/mol. The highest BCUT2D eigenvalue weighted by molar-refractivity contribution is 5.03. The van der Waals surface area contributed by atoms with E-state index in [4.69, 9.17) is 5.73 Å². The number of rotatable bonds is 7. The number of unbranched alkanes of at least 4 members (excludes halogenated alkanes) is 1. The van der Waals surface area contributed by atoms with E-state index in [1.54, 1.807) is 0 Å². The molecule has 0 aromatic heterocycles. The summed E-state index contributed by atoms with van der Waals surface area (Å²) in [6, 6.07) is 0. The van der Waals surface area contributed by atoms with Crippen molar-refractivity contribution in [2.45, 2.75) is 46.5 Å². The minimum atomic E-state index is 0.761. The molecule has 2 N–H and O–H groups in total. The lowest BCUT2D eigenvalue weighted by Gasteiger charge is -1.97. The fraction of sp³-hybridized carbons (Fsp3) is 0.571. The van der Waals surface area contributed by atoms with Gasteiger partial charge in [0.1, 0.15) is 0 Å². The summed E-state index contributed by atoms with van der Waals surface area (Å²) in [5, 5.41) is 0. The third kappa shape index (κ3) is 10.9. The lowest BCUT2D eigenvalue weighted by molar-refractivity contribution is 0.662. The molecule has 1 heteroatoms. The van der Waals surface area contributed by atoms with E-state index in [9.17, 15) is 0 Å². The molecule has 0 fully saturated rings. The summed E-state index contributed by atoms with van der Waals surface area (Å²) in [5.74, 6) is 0.761. The number of allylic oxidation sites excluding steroid dienone is 5. The minimum Gasteiger partial charge on any atom is -0.402 e. The van der Waals surface area contributed by atoms with Crippen molar-refractivity contribution in [3.63, 3.8) is 0 Å². The van der Waals surface area contributed by atoms with Crippen LogP contribution in [-0.4, -0.2) is 0 Å². The van der Waals surface area contributed by atoms with Gasteiger partial charge in [-0.15, -0.1) is 0 Å². The van der Waals surface area contributed by atoms with Gasteiger partial charge in [0, 0.05) is 12.1 Å². The molecule has 1 nitrogen and oxygen atoms in total. The van der Waals surface area contributed by atoms with Crippen molar-refractivity contribution in [3.05, 3.63) is 36.1 Å². The molecular formula is C14H25N. The second kappa shape index (κ2) is 9.57. The quantitative estimate of drug-likeness (QED) is 0.492. The van der Waals surface area contributed by atoms with Crippen molar-refractivity contribution >= 4 is 0 Å². The van der Waals surface area contributed by atoms with Gasteiger partial charge in [0.2, 0.25) is 0 Å². The Kier molecular flexibility index (Phi) is 8.95. The maximum atomic E-state index is 5.81. The average molecular weight is 207 g/mol. The molecule has 0 aliphatic rings. The highest BCUT2D eigenvalue weighted by Gasteiger charge is 1.87. The van der Waals surface area contributed by atoms with Crippen LogP contribution in [0.25, 0.3) is 0 Å². The van der Waals surface area contributed by atoms with Crippen LogP contribution < -0.4 is 5.73 Å². The highest BCUT2D eigenvalue weighted by Crippen LogP contribution is 2.03. The van der Waals surface area contributed by atoms with Crippen LogP contribution in [0.5, 0.6) is 0 Å². The molecule has 0 rings (SSSR count). The van der Waals surface area contributed by atoms with Gasteiger partial charge in [0.25, 0.3) is 0 Å². The first-order valence-electron chi connectivity index (χ1n) is 5.87. The lowest BCUT2D eigenvalue weighted by atomic mass is 10.1. The van der Waals surface area contributed by atoms with E-state index < -0.39 is 0 Å². The van der Waals surface area contributed by atoms with Gasteiger partial charge in [0.15, 0.2) is 0 Å². The maximum absolute atomic E-state index is 5.81. The zero-order chi connectivity index (χ0) is 11.5. The Morgan fingerprint density at radius 3 is 2.47 bits per heavy atom. The Labute approximate surface area is 94.8 Å². The van der Waals surface area contributed by atoms with Crippen LogP contribution in [0.2, 0.25) is 0 Å². The fourth-order valence-electron chi connectivity index (χ4n) is 1.19. The molecule has 0 aliphatic heterocycles. The molecule has 0 unspecified atom stereocenters. The van der Waals surface area contributed by atoms with Gasteiger partial charge in [-0.2, -0.15) is 0 Å². The maximum Gasteiger partial charge on any atom is 0.00783 e. The van der Waals surface area contributed by atoms with E-state index in [1.165, 1.54) is 6.42 Å². The zero-order valence-electron chi connectivity index (χ0n) is 10.4. The van der Waals surface area contributed by atoms with E-state index in [0.717, 1.165) is 30.9 Å². The van der Waals surface area contributed by atoms with Crippen LogP contribution in [0.4, 0.5) is 0 Å². The third-order valence-corrected chi connectivity index (χ3v) is 2.10. The van der Waals surface area contributed by atoms with Crippen LogP contribution in [0, 0.1) is 5.92 Å². The fourth-order valence-corrected chi connectivity index (χ4v) is 1.19. The standard InChI is InChI=1S/C14H25N/c1-4-5-11-14(15)12-9-7-6-8-10-13(2)3/h4-6,8,12-13H,7,9-11,15H2,1-3H3/b5-4-,8-6?,14-12?. The molecule has 0 heterocycles. The largest absolute Gasteiger partial charge is 0.402 e. The predicted octanol–water partition coefficient (Wildman–Crippen LogP) is 4.18. The van der Waals surface area contributed by atoms with Crippen LogP contribution in [0.15, 0.2) is 36.1 Å². The zero-order valence-corrected chi connectivity index (χ0v) is 10.4.